The van der Waals surface area contributed by atoms with Gasteiger partial charge in [0.05, 0.1) is 12.9 Å². The molecule has 6 nitrogen and oxygen atoms in total. The molecule has 1 fully saturated rings. The number of nitrogens with zero attached hydrogens (tertiary/aromatic N) is 2. The van der Waals surface area contributed by atoms with Gasteiger partial charge in [0.2, 0.25) is 0 Å². The molecule has 0 bridgehead atoms. The lowest BCUT2D eigenvalue weighted by molar-refractivity contribution is -0.144. The first-order chi connectivity index (χ1) is 8.22. The topological polar surface area (TPSA) is 75.3 Å². The normalized spacial score (nSPS) is 19.4. The van der Waals surface area contributed by atoms with Gasteiger partial charge in [0.1, 0.15) is 11.9 Å². The van der Waals surface area contributed by atoms with E-state index in [0.717, 1.165) is 19.4 Å². The summed E-state index contributed by atoms with van der Waals surface area (Å²) < 4.78 is 5.01. The fourth-order valence-corrected chi connectivity index (χ4v) is 2.04. The minimum atomic E-state index is -0.316. The lowest BCUT2D eigenvalue weighted by Gasteiger charge is -2.23. The molecule has 2 rings (SSSR count). The minimum absolute atomic E-state index is 0.218. The second-order valence-electron chi connectivity index (χ2n) is 3.87. The van der Waals surface area contributed by atoms with Crippen molar-refractivity contribution in [1.29, 1.82) is 0 Å². The fraction of sp³-hybridized carbons (Fsp3) is 0.545. The zero-order chi connectivity index (χ0) is 12.3. The Morgan fingerprint density at radius 1 is 1.71 bits per heavy atom. The van der Waals surface area contributed by atoms with Crippen molar-refractivity contribution in [3.05, 3.63) is 22.7 Å². The first-order valence-electron chi connectivity index (χ1n) is 5.70. The van der Waals surface area contributed by atoms with E-state index in [1.54, 1.807) is 6.92 Å². The number of ether oxygens (including phenoxy) is 1. The molecule has 2 heterocycles. The highest BCUT2D eigenvalue weighted by atomic mass is 16.5. The molecule has 1 aromatic heterocycles. The van der Waals surface area contributed by atoms with Gasteiger partial charge in [0.15, 0.2) is 0 Å². The molecule has 1 aromatic rings. The molecule has 1 saturated heterocycles. The standard InChI is InChI=1S/C11H15N3O3/c1-2-17-11(16)8-4-3-5-14(8)9-6-10(15)13-7-12-9/h6-8H,2-5H2,1H3,(H,12,13,15). The zero-order valence-corrected chi connectivity index (χ0v) is 9.68. The number of hydrogen-bond acceptors (Lipinski definition) is 5. The molecular formula is C11H15N3O3. The summed E-state index contributed by atoms with van der Waals surface area (Å²) in [5.41, 5.74) is -0.218. The zero-order valence-electron chi connectivity index (χ0n) is 9.68. The third-order valence-electron chi connectivity index (χ3n) is 2.77. The van der Waals surface area contributed by atoms with Crippen molar-refractivity contribution in [2.75, 3.05) is 18.1 Å². The van der Waals surface area contributed by atoms with Crippen LogP contribution in [-0.2, 0) is 9.53 Å². The first kappa shape index (κ1) is 11.6. The summed E-state index contributed by atoms with van der Waals surface area (Å²) in [6.07, 6.45) is 2.99. The largest absolute Gasteiger partial charge is 0.464 e. The van der Waals surface area contributed by atoms with Gasteiger partial charge in [-0.3, -0.25) is 4.79 Å². The monoisotopic (exact) mass is 237 g/mol. The lowest BCUT2D eigenvalue weighted by Crippen LogP contribution is -2.38. The Hall–Kier alpha value is -1.85. The predicted molar refractivity (Wildman–Crippen MR) is 61.9 cm³/mol. The maximum Gasteiger partial charge on any atom is 0.328 e. The molecule has 0 saturated carbocycles. The van der Waals surface area contributed by atoms with Crippen LogP contribution in [0.4, 0.5) is 5.82 Å². The van der Waals surface area contributed by atoms with Crippen LogP contribution in [0.1, 0.15) is 19.8 Å². The van der Waals surface area contributed by atoms with E-state index in [4.69, 9.17) is 4.74 Å². The highest BCUT2D eigenvalue weighted by Gasteiger charge is 2.32. The smallest absolute Gasteiger partial charge is 0.328 e. The number of hydrogen-bond donors (Lipinski definition) is 1. The van der Waals surface area contributed by atoms with Gasteiger partial charge >= 0.3 is 5.97 Å². The number of aromatic amines is 1. The Bertz CT molecular complexity index is 457. The Kier molecular flexibility index (Phi) is 3.41. The van der Waals surface area contributed by atoms with Gasteiger partial charge in [-0.1, -0.05) is 0 Å². The summed E-state index contributed by atoms with van der Waals surface area (Å²) in [4.78, 5) is 31.3. The number of nitrogens with one attached hydrogen (secondary N) is 1. The third-order valence-corrected chi connectivity index (χ3v) is 2.77. The van der Waals surface area contributed by atoms with Gasteiger partial charge in [-0.15, -0.1) is 0 Å². The Balaban J connectivity index is 2.20. The van der Waals surface area contributed by atoms with Crippen LogP contribution in [0.15, 0.2) is 17.2 Å². The van der Waals surface area contributed by atoms with Crippen LogP contribution >= 0.6 is 0 Å². The summed E-state index contributed by atoms with van der Waals surface area (Å²) in [7, 11) is 0. The van der Waals surface area contributed by atoms with Gasteiger partial charge in [-0.2, -0.15) is 0 Å². The van der Waals surface area contributed by atoms with Gasteiger partial charge < -0.3 is 14.6 Å². The minimum Gasteiger partial charge on any atom is -0.464 e. The number of H-pyrrole nitrogens is 1. The van der Waals surface area contributed by atoms with Gasteiger partial charge in [0, 0.05) is 12.6 Å². The molecule has 0 amide bonds. The van der Waals surface area contributed by atoms with E-state index in [2.05, 4.69) is 9.97 Å². The first-order valence-corrected chi connectivity index (χ1v) is 5.70. The van der Waals surface area contributed by atoms with Crippen molar-refractivity contribution in [3.8, 4) is 0 Å². The van der Waals surface area contributed by atoms with Crippen molar-refractivity contribution in [1.82, 2.24) is 9.97 Å². The molecule has 0 radical (unpaired) electrons. The number of rotatable bonds is 3. The van der Waals surface area contributed by atoms with E-state index in [0.29, 0.717) is 12.4 Å². The maximum absolute atomic E-state index is 11.7. The second kappa shape index (κ2) is 4.99. The van der Waals surface area contributed by atoms with Crippen LogP contribution in [0.25, 0.3) is 0 Å². The molecule has 0 aliphatic carbocycles. The Labute approximate surface area is 98.6 Å². The molecule has 92 valence electrons. The predicted octanol–water partition coefficient (Wildman–Crippen LogP) is 0.302. The molecule has 1 aliphatic rings. The number of carbonyl (C=O) groups excluding carboxylic acids is 1. The van der Waals surface area contributed by atoms with Gasteiger partial charge in [-0.25, -0.2) is 9.78 Å². The average molecular weight is 237 g/mol. The van der Waals surface area contributed by atoms with Gasteiger partial charge in [0.25, 0.3) is 5.56 Å². The molecule has 1 atom stereocenters. The van der Waals surface area contributed by atoms with Crippen LogP contribution in [0.2, 0.25) is 0 Å². The Morgan fingerprint density at radius 3 is 3.24 bits per heavy atom. The number of aromatic nitrogens is 2. The molecule has 1 unspecified atom stereocenters. The van der Waals surface area contributed by atoms with Crippen LogP contribution in [0, 0.1) is 0 Å². The van der Waals surface area contributed by atoms with E-state index in [-0.39, 0.29) is 17.6 Å². The molecule has 17 heavy (non-hydrogen) atoms. The van der Waals surface area contributed by atoms with Crippen LogP contribution in [0.3, 0.4) is 0 Å². The molecule has 6 heteroatoms. The SMILES string of the molecule is CCOC(=O)C1CCCN1c1cc(=O)[nH]cn1. The number of esters is 1. The maximum atomic E-state index is 11.7. The molecular weight excluding hydrogens is 222 g/mol. The third kappa shape index (κ3) is 2.46. The van der Waals surface area contributed by atoms with Crippen LogP contribution < -0.4 is 10.5 Å². The summed E-state index contributed by atoms with van der Waals surface area (Å²) >= 11 is 0. The quantitative estimate of drug-likeness (QED) is 0.765. The molecule has 1 aliphatic heterocycles. The summed E-state index contributed by atoms with van der Waals surface area (Å²) in [5.74, 6) is 0.288. The number of anilines is 1. The van der Waals surface area contributed by atoms with Crippen LogP contribution in [-0.4, -0.2) is 35.1 Å². The molecule has 0 aromatic carbocycles. The van der Waals surface area contributed by atoms with Crippen molar-refractivity contribution < 1.29 is 9.53 Å². The average Bonchev–Trinajstić information content (AvgIpc) is 2.78. The highest BCUT2D eigenvalue weighted by Crippen LogP contribution is 2.23. The summed E-state index contributed by atoms with van der Waals surface area (Å²) in [5, 5.41) is 0. The van der Waals surface area contributed by atoms with E-state index in [1.807, 2.05) is 4.90 Å². The Morgan fingerprint density at radius 2 is 2.53 bits per heavy atom. The lowest BCUT2D eigenvalue weighted by atomic mass is 10.2. The van der Waals surface area contributed by atoms with E-state index in [9.17, 15) is 9.59 Å². The highest BCUT2D eigenvalue weighted by molar-refractivity contribution is 5.80. The second-order valence-corrected chi connectivity index (χ2v) is 3.87. The summed E-state index contributed by atoms with van der Waals surface area (Å²) in [6.45, 7) is 2.87. The summed E-state index contributed by atoms with van der Waals surface area (Å²) in [6, 6.07) is 1.08. The van der Waals surface area contributed by atoms with E-state index in [1.165, 1.54) is 12.4 Å². The van der Waals surface area contributed by atoms with Crippen molar-refractivity contribution >= 4 is 11.8 Å². The van der Waals surface area contributed by atoms with Crippen LogP contribution in [0.5, 0.6) is 0 Å². The van der Waals surface area contributed by atoms with Gasteiger partial charge in [-0.05, 0) is 19.8 Å². The molecule has 0 spiro atoms. The van der Waals surface area contributed by atoms with Crippen molar-refractivity contribution in [2.24, 2.45) is 0 Å². The van der Waals surface area contributed by atoms with Crippen molar-refractivity contribution in [2.45, 2.75) is 25.8 Å². The van der Waals surface area contributed by atoms with Crippen molar-refractivity contribution in [3.63, 3.8) is 0 Å². The van der Waals surface area contributed by atoms with E-state index < -0.39 is 0 Å². The molecule has 1 N–H and O–H groups in total. The fourth-order valence-electron chi connectivity index (χ4n) is 2.04. The van der Waals surface area contributed by atoms with E-state index >= 15 is 0 Å². The number of carbonyl (C=O) groups is 1.